The zero-order valence-electron chi connectivity index (χ0n) is 11.7. The molecule has 1 aliphatic carbocycles. The molecule has 1 aromatic rings. The van der Waals surface area contributed by atoms with Crippen LogP contribution in [0.2, 0.25) is 0 Å². The number of carbonyl (C=O) groups excluding carboxylic acids is 2. The molecule has 1 amide bonds. The minimum absolute atomic E-state index is 0.0326. The Balaban J connectivity index is 1.81. The van der Waals surface area contributed by atoms with Gasteiger partial charge < -0.3 is 21.5 Å². The lowest BCUT2D eigenvalue weighted by Gasteiger charge is -2.11. The van der Waals surface area contributed by atoms with Crippen LogP contribution in [0.1, 0.15) is 45.7 Å². The maximum absolute atomic E-state index is 12.2. The SMILES string of the molecule is NC(=O)c1c(NCC2CCCO2)sc(C(=O)C2CC2)c1N. The highest BCUT2D eigenvalue weighted by molar-refractivity contribution is 7.19. The largest absolute Gasteiger partial charge is 0.397 e. The zero-order valence-corrected chi connectivity index (χ0v) is 12.5. The van der Waals surface area contributed by atoms with E-state index in [-0.39, 0.29) is 29.1 Å². The van der Waals surface area contributed by atoms with Gasteiger partial charge >= 0.3 is 0 Å². The lowest BCUT2D eigenvalue weighted by Crippen LogP contribution is -2.20. The number of nitrogens with one attached hydrogen (secondary N) is 1. The molecular formula is C14H19N3O3S. The van der Waals surface area contributed by atoms with Crippen molar-refractivity contribution in [3.05, 3.63) is 10.4 Å². The second kappa shape index (κ2) is 5.65. The summed E-state index contributed by atoms with van der Waals surface area (Å²) >= 11 is 1.23. The summed E-state index contributed by atoms with van der Waals surface area (Å²) in [4.78, 5) is 24.3. The summed E-state index contributed by atoms with van der Waals surface area (Å²) in [6, 6.07) is 0. The van der Waals surface area contributed by atoms with Crippen LogP contribution < -0.4 is 16.8 Å². The number of hydrogen-bond donors (Lipinski definition) is 3. The van der Waals surface area contributed by atoms with E-state index in [0.717, 1.165) is 32.3 Å². The van der Waals surface area contributed by atoms with Crippen molar-refractivity contribution in [3.63, 3.8) is 0 Å². The van der Waals surface area contributed by atoms with E-state index in [2.05, 4.69) is 5.32 Å². The highest BCUT2D eigenvalue weighted by atomic mass is 32.1. The minimum Gasteiger partial charge on any atom is -0.397 e. The van der Waals surface area contributed by atoms with Crippen LogP contribution >= 0.6 is 11.3 Å². The number of carbonyl (C=O) groups is 2. The Morgan fingerprint density at radius 1 is 1.33 bits per heavy atom. The lowest BCUT2D eigenvalue weighted by molar-refractivity contribution is 0.0972. The third kappa shape index (κ3) is 2.89. The van der Waals surface area contributed by atoms with E-state index in [1.54, 1.807) is 0 Å². The number of nitrogens with two attached hydrogens (primary N) is 2. The van der Waals surface area contributed by atoms with Gasteiger partial charge in [-0.3, -0.25) is 9.59 Å². The molecule has 0 radical (unpaired) electrons. The first-order valence-corrected chi connectivity index (χ1v) is 8.01. The van der Waals surface area contributed by atoms with E-state index in [4.69, 9.17) is 16.2 Å². The quantitative estimate of drug-likeness (QED) is 0.692. The molecule has 21 heavy (non-hydrogen) atoms. The van der Waals surface area contributed by atoms with Gasteiger partial charge in [-0.25, -0.2) is 0 Å². The van der Waals surface area contributed by atoms with E-state index in [1.807, 2.05) is 0 Å². The fourth-order valence-corrected chi connectivity index (χ4v) is 3.69. The Hall–Kier alpha value is -1.60. The van der Waals surface area contributed by atoms with Gasteiger partial charge in [-0.05, 0) is 25.7 Å². The molecule has 3 rings (SSSR count). The predicted molar refractivity (Wildman–Crippen MR) is 81.8 cm³/mol. The van der Waals surface area contributed by atoms with Crippen LogP contribution in [0.25, 0.3) is 0 Å². The van der Waals surface area contributed by atoms with Crippen molar-refractivity contribution >= 4 is 33.7 Å². The van der Waals surface area contributed by atoms with Crippen molar-refractivity contribution in [3.8, 4) is 0 Å². The summed E-state index contributed by atoms with van der Waals surface area (Å²) in [5, 5.41) is 3.76. The summed E-state index contributed by atoms with van der Waals surface area (Å²) < 4.78 is 5.54. The molecule has 1 atom stereocenters. The van der Waals surface area contributed by atoms with Crippen LogP contribution in [-0.4, -0.2) is 30.9 Å². The molecule has 1 unspecified atom stereocenters. The molecule has 1 aliphatic heterocycles. The van der Waals surface area contributed by atoms with Gasteiger partial charge in [0.1, 0.15) is 5.00 Å². The molecular weight excluding hydrogens is 290 g/mol. The number of primary amides is 1. The van der Waals surface area contributed by atoms with E-state index in [9.17, 15) is 9.59 Å². The van der Waals surface area contributed by atoms with Crippen LogP contribution in [0.15, 0.2) is 0 Å². The van der Waals surface area contributed by atoms with Gasteiger partial charge in [0.15, 0.2) is 5.78 Å². The highest BCUT2D eigenvalue weighted by Crippen LogP contribution is 2.41. The Labute approximate surface area is 126 Å². The molecule has 0 bridgehead atoms. The number of anilines is 2. The number of ketones is 1. The molecule has 2 fully saturated rings. The summed E-state index contributed by atoms with van der Waals surface area (Å²) in [5.74, 6) is -0.503. The van der Waals surface area contributed by atoms with E-state index < -0.39 is 5.91 Å². The number of amides is 1. The molecule has 6 nitrogen and oxygen atoms in total. The predicted octanol–water partition coefficient (Wildman–Crippen LogP) is 1.61. The van der Waals surface area contributed by atoms with Gasteiger partial charge in [0, 0.05) is 19.1 Å². The smallest absolute Gasteiger partial charge is 0.253 e. The van der Waals surface area contributed by atoms with E-state index in [1.165, 1.54) is 11.3 Å². The Bertz CT molecular complexity index is 574. The number of hydrogen-bond acceptors (Lipinski definition) is 6. The number of ether oxygens (including phenoxy) is 1. The lowest BCUT2D eigenvalue weighted by atomic mass is 10.1. The van der Waals surface area contributed by atoms with Gasteiger partial charge in [0.25, 0.3) is 5.91 Å². The second-order valence-electron chi connectivity index (χ2n) is 5.57. The maximum Gasteiger partial charge on any atom is 0.253 e. The molecule has 0 aromatic carbocycles. The van der Waals surface area contributed by atoms with Gasteiger partial charge in [-0.15, -0.1) is 11.3 Å². The molecule has 2 heterocycles. The maximum atomic E-state index is 12.2. The third-order valence-electron chi connectivity index (χ3n) is 3.88. The first-order valence-electron chi connectivity index (χ1n) is 7.19. The third-order valence-corrected chi connectivity index (χ3v) is 5.06. The standard InChI is InChI=1S/C14H19N3O3S/c15-10-9(13(16)19)14(17-6-8-2-1-5-20-8)21-12(10)11(18)7-3-4-7/h7-8,17H,1-6,15H2,(H2,16,19). The molecule has 1 saturated carbocycles. The van der Waals surface area contributed by atoms with Gasteiger partial charge in [-0.1, -0.05) is 0 Å². The average Bonchev–Trinajstić information content (AvgIpc) is 3.06. The molecule has 7 heteroatoms. The zero-order chi connectivity index (χ0) is 15.0. The molecule has 114 valence electrons. The number of nitrogen functional groups attached to an aromatic ring is 1. The van der Waals surface area contributed by atoms with E-state index >= 15 is 0 Å². The van der Waals surface area contributed by atoms with Crippen molar-refractivity contribution in [2.75, 3.05) is 24.2 Å². The van der Waals surface area contributed by atoms with Crippen molar-refractivity contribution in [1.82, 2.24) is 0 Å². The van der Waals surface area contributed by atoms with Crippen LogP contribution in [-0.2, 0) is 4.74 Å². The topological polar surface area (TPSA) is 107 Å². The van der Waals surface area contributed by atoms with Gasteiger partial charge in [0.2, 0.25) is 0 Å². The van der Waals surface area contributed by atoms with Crippen LogP contribution in [0.5, 0.6) is 0 Å². The molecule has 5 N–H and O–H groups in total. The number of rotatable bonds is 6. The summed E-state index contributed by atoms with van der Waals surface area (Å²) in [7, 11) is 0. The first kappa shape index (κ1) is 14.3. The van der Waals surface area contributed by atoms with Crippen molar-refractivity contribution in [2.24, 2.45) is 11.7 Å². The normalized spacial score (nSPS) is 21.4. The molecule has 1 aromatic heterocycles. The van der Waals surface area contributed by atoms with Gasteiger partial charge in [0.05, 0.1) is 22.2 Å². The Kier molecular flexibility index (Phi) is 3.86. The number of thiophene rings is 1. The highest BCUT2D eigenvalue weighted by Gasteiger charge is 2.35. The summed E-state index contributed by atoms with van der Waals surface area (Å²) in [5.41, 5.74) is 11.8. The fraction of sp³-hybridized carbons (Fsp3) is 0.571. The van der Waals surface area contributed by atoms with Crippen LogP contribution in [0.3, 0.4) is 0 Å². The van der Waals surface area contributed by atoms with Gasteiger partial charge in [-0.2, -0.15) is 0 Å². The average molecular weight is 309 g/mol. The minimum atomic E-state index is -0.603. The Morgan fingerprint density at radius 2 is 2.10 bits per heavy atom. The van der Waals surface area contributed by atoms with E-state index in [0.29, 0.717) is 16.4 Å². The van der Waals surface area contributed by atoms with Crippen LogP contribution in [0.4, 0.5) is 10.7 Å². The van der Waals surface area contributed by atoms with Crippen molar-refractivity contribution < 1.29 is 14.3 Å². The summed E-state index contributed by atoms with van der Waals surface area (Å²) in [6.07, 6.45) is 3.99. The van der Waals surface area contributed by atoms with Crippen molar-refractivity contribution in [1.29, 1.82) is 0 Å². The molecule has 1 saturated heterocycles. The number of Topliss-reactive ketones (excluding diaryl/α,β-unsaturated/α-hetero) is 1. The Morgan fingerprint density at radius 3 is 2.67 bits per heavy atom. The monoisotopic (exact) mass is 309 g/mol. The summed E-state index contributed by atoms with van der Waals surface area (Å²) in [6.45, 7) is 1.37. The van der Waals surface area contributed by atoms with Crippen LogP contribution in [0, 0.1) is 5.92 Å². The molecule has 0 spiro atoms. The second-order valence-corrected chi connectivity index (χ2v) is 6.59. The van der Waals surface area contributed by atoms with Crippen molar-refractivity contribution in [2.45, 2.75) is 31.8 Å². The fourth-order valence-electron chi connectivity index (χ4n) is 2.54. The first-order chi connectivity index (χ1) is 10.1. The molecule has 2 aliphatic rings.